The summed E-state index contributed by atoms with van der Waals surface area (Å²) in [6.07, 6.45) is 1.66. The minimum atomic E-state index is 0.676. The summed E-state index contributed by atoms with van der Waals surface area (Å²) in [5.74, 6) is 1.50. The second kappa shape index (κ2) is 5.05. The molecule has 88 valence electrons. The molecule has 0 saturated heterocycles. The van der Waals surface area contributed by atoms with Crippen molar-refractivity contribution < 1.29 is 4.74 Å². The summed E-state index contributed by atoms with van der Waals surface area (Å²) in [5.41, 5.74) is 7.27. The number of ether oxygens (including phenoxy) is 1. The Morgan fingerprint density at radius 1 is 1.29 bits per heavy atom. The Balaban J connectivity index is 2.22. The Morgan fingerprint density at radius 3 is 2.76 bits per heavy atom. The van der Waals surface area contributed by atoms with Crippen LogP contribution in [0.1, 0.15) is 0 Å². The number of halogens is 1. The lowest BCUT2D eigenvalue weighted by Crippen LogP contribution is -1.95. The standard InChI is InChI=1S/C12H12BrN3O/c1-17-11-3-2-9(7-10(11)13)16-12-6-8(14)4-5-15-12/h2-7H,1H3,(H3,14,15,16). The number of rotatable bonds is 3. The van der Waals surface area contributed by atoms with E-state index in [0.717, 1.165) is 15.9 Å². The Bertz CT molecular complexity index is 531. The van der Waals surface area contributed by atoms with Gasteiger partial charge in [0.2, 0.25) is 0 Å². The molecule has 1 aromatic carbocycles. The van der Waals surface area contributed by atoms with Gasteiger partial charge in [-0.1, -0.05) is 0 Å². The summed E-state index contributed by atoms with van der Waals surface area (Å²) in [4.78, 5) is 4.17. The van der Waals surface area contributed by atoms with Gasteiger partial charge in [0.05, 0.1) is 11.6 Å². The number of hydrogen-bond donors (Lipinski definition) is 2. The van der Waals surface area contributed by atoms with E-state index in [2.05, 4.69) is 26.2 Å². The van der Waals surface area contributed by atoms with Crippen molar-refractivity contribution >= 4 is 33.1 Å². The summed E-state index contributed by atoms with van der Waals surface area (Å²) in [6, 6.07) is 9.23. The van der Waals surface area contributed by atoms with Gasteiger partial charge in [0.15, 0.2) is 0 Å². The molecule has 0 saturated carbocycles. The van der Waals surface area contributed by atoms with Gasteiger partial charge in [0.1, 0.15) is 11.6 Å². The van der Waals surface area contributed by atoms with E-state index in [1.807, 2.05) is 18.2 Å². The van der Waals surface area contributed by atoms with Crippen molar-refractivity contribution in [2.24, 2.45) is 0 Å². The van der Waals surface area contributed by atoms with Gasteiger partial charge in [-0.3, -0.25) is 0 Å². The average Bonchev–Trinajstić information content (AvgIpc) is 2.29. The van der Waals surface area contributed by atoms with Gasteiger partial charge < -0.3 is 15.8 Å². The lowest BCUT2D eigenvalue weighted by Gasteiger charge is -2.08. The Hall–Kier alpha value is -1.75. The van der Waals surface area contributed by atoms with Crippen LogP contribution in [-0.4, -0.2) is 12.1 Å². The SMILES string of the molecule is COc1ccc(Nc2cc(N)ccn2)cc1Br. The molecule has 0 fully saturated rings. The lowest BCUT2D eigenvalue weighted by molar-refractivity contribution is 0.412. The molecule has 2 rings (SSSR count). The van der Waals surface area contributed by atoms with Crippen LogP contribution in [0.25, 0.3) is 0 Å². The quantitative estimate of drug-likeness (QED) is 0.912. The van der Waals surface area contributed by atoms with Gasteiger partial charge in [-0.05, 0) is 40.2 Å². The number of nitrogens with one attached hydrogen (secondary N) is 1. The third-order valence-corrected chi connectivity index (χ3v) is 2.83. The van der Waals surface area contributed by atoms with Crippen molar-refractivity contribution in [2.45, 2.75) is 0 Å². The van der Waals surface area contributed by atoms with Gasteiger partial charge in [0, 0.05) is 23.6 Å². The van der Waals surface area contributed by atoms with E-state index >= 15 is 0 Å². The zero-order valence-corrected chi connectivity index (χ0v) is 10.9. The molecular formula is C12H12BrN3O. The first kappa shape index (κ1) is 11.7. The van der Waals surface area contributed by atoms with E-state index in [1.54, 1.807) is 25.4 Å². The van der Waals surface area contributed by atoms with Crippen LogP contribution < -0.4 is 15.8 Å². The van der Waals surface area contributed by atoms with Gasteiger partial charge in [-0.15, -0.1) is 0 Å². The number of hydrogen-bond acceptors (Lipinski definition) is 4. The fraction of sp³-hybridized carbons (Fsp3) is 0.0833. The van der Waals surface area contributed by atoms with Crippen LogP contribution in [0.5, 0.6) is 5.75 Å². The van der Waals surface area contributed by atoms with E-state index in [0.29, 0.717) is 11.5 Å². The fourth-order valence-electron chi connectivity index (χ4n) is 1.41. The van der Waals surface area contributed by atoms with Gasteiger partial charge in [-0.2, -0.15) is 0 Å². The number of benzene rings is 1. The normalized spacial score (nSPS) is 10.0. The molecule has 0 aliphatic heterocycles. The highest BCUT2D eigenvalue weighted by Gasteiger charge is 2.02. The van der Waals surface area contributed by atoms with E-state index in [4.69, 9.17) is 10.5 Å². The summed E-state index contributed by atoms with van der Waals surface area (Å²) in [5, 5.41) is 3.16. The zero-order chi connectivity index (χ0) is 12.3. The molecule has 3 N–H and O–H groups in total. The maximum absolute atomic E-state index is 5.68. The Morgan fingerprint density at radius 2 is 2.12 bits per heavy atom. The number of nitrogens with zero attached hydrogens (tertiary/aromatic N) is 1. The predicted octanol–water partition coefficient (Wildman–Crippen LogP) is 3.18. The first-order valence-corrected chi connectivity index (χ1v) is 5.80. The molecule has 0 spiro atoms. The van der Waals surface area contributed by atoms with Gasteiger partial charge >= 0.3 is 0 Å². The van der Waals surface area contributed by atoms with Crippen LogP contribution >= 0.6 is 15.9 Å². The number of methoxy groups -OCH3 is 1. The topological polar surface area (TPSA) is 60.2 Å². The molecular weight excluding hydrogens is 282 g/mol. The molecule has 5 heteroatoms. The smallest absolute Gasteiger partial charge is 0.133 e. The molecule has 0 bridgehead atoms. The number of anilines is 3. The predicted molar refractivity (Wildman–Crippen MR) is 72.6 cm³/mol. The van der Waals surface area contributed by atoms with Crippen molar-refractivity contribution in [3.05, 3.63) is 41.0 Å². The molecule has 1 aromatic heterocycles. The summed E-state index contributed by atoms with van der Waals surface area (Å²) >= 11 is 3.43. The Labute approximate surface area is 108 Å². The molecule has 0 amide bonds. The third-order valence-electron chi connectivity index (χ3n) is 2.21. The fourth-order valence-corrected chi connectivity index (χ4v) is 1.95. The molecule has 4 nitrogen and oxygen atoms in total. The monoisotopic (exact) mass is 293 g/mol. The first-order chi connectivity index (χ1) is 8.19. The second-order valence-corrected chi connectivity index (χ2v) is 4.30. The molecule has 0 radical (unpaired) electrons. The molecule has 0 unspecified atom stereocenters. The summed E-state index contributed by atoms with van der Waals surface area (Å²) in [7, 11) is 1.63. The molecule has 1 heterocycles. The maximum atomic E-state index is 5.68. The van der Waals surface area contributed by atoms with E-state index < -0.39 is 0 Å². The average molecular weight is 294 g/mol. The highest BCUT2D eigenvalue weighted by atomic mass is 79.9. The van der Waals surface area contributed by atoms with Crippen molar-refractivity contribution in [1.82, 2.24) is 4.98 Å². The van der Waals surface area contributed by atoms with Crippen molar-refractivity contribution in [1.29, 1.82) is 0 Å². The molecule has 0 aliphatic carbocycles. The van der Waals surface area contributed by atoms with Crippen molar-refractivity contribution in [2.75, 3.05) is 18.2 Å². The minimum Gasteiger partial charge on any atom is -0.496 e. The number of nitrogen functional groups attached to an aromatic ring is 1. The molecule has 2 aromatic rings. The van der Waals surface area contributed by atoms with Crippen molar-refractivity contribution in [3.63, 3.8) is 0 Å². The summed E-state index contributed by atoms with van der Waals surface area (Å²) < 4.78 is 6.04. The lowest BCUT2D eigenvalue weighted by atomic mass is 10.3. The molecule has 17 heavy (non-hydrogen) atoms. The summed E-state index contributed by atoms with van der Waals surface area (Å²) in [6.45, 7) is 0. The van der Waals surface area contributed by atoms with Crippen molar-refractivity contribution in [3.8, 4) is 5.75 Å². The van der Waals surface area contributed by atoms with E-state index in [-0.39, 0.29) is 0 Å². The van der Waals surface area contributed by atoms with Gasteiger partial charge in [-0.25, -0.2) is 4.98 Å². The van der Waals surface area contributed by atoms with Crippen LogP contribution in [-0.2, 0) is 0 Å². The molecule has 0 aliphatic rings. The highest BCUT2D eigenvalue weighted by Crippen LogP contribution is 2.28. The first-order valence-electron chi connectivity index (χ1n) is 5.01. The minimum absolute atomic E-state index is 0.676. The third kappa shape index (κ3) is 2.88. The number of aromatic nitrogens is 1. The van der Waals surface area contributed by atoms with Crippen LogP contribution in [0.15, 0.2) is 41.0 Å². The van der Waals surface area contributed by atoms with E-state index in [9.17, 15) is 0 Å². The highest BCUT2D eigenvalue weighted by molar-refractivity contribution is 9.10. The van der Waals surface area contributed by atoms with E-state index in [1.165, 1.54) is 0 Å². The van der Waals surface area contributed by atoms with Crippen LogP contribution in [0.3, 0.4) is 0 Å². The van der Waals surface area contributed by atoms with Gasteiger partial charge in [0.25, 0.3) is 0 Å². The Kier molecular flexibility index (Phi) is 3.49. The molecule has 0 atom stereocenters. The second-order valence-electron chi connectivity index (χ2n) is 3.45. The zero-order valence-electron chi connectivity index (χ0n) is 9.27. The number of pyridine rings is 1. The van der Waals surface area contributed by atoms with Crippen LogP contribution in [0, 0.1) is 0 Å². The van der Waals surface area contributed by atoms with Crippen LogP contribution in [0.2, 0.25) is 0 Å². The largest absolute Gasteiger partial charge is 0.496 e. The maximum Gasteiger partial charge on any atom is 0.133 e. The number of nitrogens with two attached hydrogens (primary N) is 1. The van der Waals surface area contributed by atoms with Crippen LogP contribution in [0.4, 0.5) is 17.2 Å².